The second-order valence-electron chi connectivity index (χ2n) is 10.4. The van der Waals surface area contributed by atoms with Gasteiger partial charge < -0.3 is 10.6 Å². The third kappa shape index (κ3) is 5.88. The molecule has 0 radical (unpaired) electrons. The number of hydrogen-bond acceptors (Lipinski definition) is 5. The molecule has 0 amide bonds. The van der Waals surface area contributed by atoms with Crippen molar-refractivity contribution < 1.29 is 17.6 Å². The zero-order valence-corrected chi connectivity index (χ0v) is 23.1. The van der Waals surface area contributed by atoms with Crippen LogP contribution in [0.15, 0.2) is 76.3 Å². The van der Waals surface area contributed by atoms with E-state index >= 15 is 0 Å². The zero-order valence-electron chi connectivity index (χ0n) is 23.1. The molecule has 11 heteroatoms. The third-order valence-electron chi connectivity index (χ3n) is 7.77. The average Bonchev–Trinajstić information content (AvgIpc) is 2.98. The lowest BCUT2D eigenvalue weighted by molar-refractivity contribution is 0.242. The van der Waals surface area contributed by atoms with E-state index in [4.69, 9.17) is 5.73 Å². The van der Waals surface area contributed by atoms with Gasteiger partial charge in [-0.05, 0) is 36.8 Å². The van der Waals surface area contributed by atoms with E-state index < -0.39 is 47.1 Å². The molecule has 5 rings (SSSR count). The summed E-state index contributed by atoms with van der Waals surface area (Å²) < 4.78 is 59.9. The van der Waals surface area contributed by atoms with Gasteiger partial charge in [-0.15, -0.1) is 0 Å². The maximum Gasteiger partial charge on any atom is 0.331 e. The maximum absolute atomic E-state index is 14.6. The number of halogens is 4. The fourth-order valence-electron chi connectivity index (χ4n) is 5.38. The Morgan fingerprint density at radius 2 is 1.24 bits per heavy atom. The van der Waals surface area contributed by atoms with Gasteiger partial charge in [0.05, 0.1) is 13.1 Å². The number of hydrogen-bond donors (Lipinski definition) is 1. The first-order chi connectivity index (χ1) is 20.2. The van der Waals surface area contributed by atoms with Crippen LogP contribution >= 0.6 is 0 Å². The molecule has 0 aliphatic carbocycles. The molecule has 1 aliphatic heterocycles. The number of nitrogens with two attached hydrogens (primary N) is 1. The van der Waals surface area contributed by atoms with Crippen molar-refractivity contribution in [2.75, 3.05) is 31.1 Å². The summed E-state index contributed by atoms with van der Waals surface area (Å²) in [6.07, 6.45) is 0. The number of piperazine rings is 1. The molecule has 0 spiro atoms. The first-order valence-corrected chi connectivity index (χ1v) is 13.6. The second kappa shape index (κ2) is 12.3. The van der Waals surface area contributed by atoms with Crippen molar-refractivity contribution in [3.63, 3.8) is 0 Å². The quantitative estimate of drug-likeness (QED) is 0.319. The lowest BCUT2D eigenvalue weighted by Crippen LogP contribution is -2.51. The second-order valence-corrected chi connectivity index (χ2v) is 10.4. The number of aromatic nitrogens is 2. The topological polar surface area (TPSA) is 76.5 Å². The van der Waals surface area contributed by atoms with Gasteiger partial charge >= 0.3 is 5.69 Å². The molecule has 2 heterocycles. The molecule has 42 heavy (non-hydrogen) atoms. The van der Waals surface area contributed by atoms with Crippen molar-refractivity contribution in [2.45, 2.75) is 32.6 Å². The Hall–Kier alpha value is -4.22. The molecule has 1 saturated heterocycles. The van der Waals surface area contributed by atoms with Crippen molar-refractivity contribution in [3.8, 4) is 0 Å². The Labute approximate surface area is 240 Å². The van der Waals surface area contributed by atoms with E-state index in [1.54, 1.807) is 36.1 Å². The molecular weight excluding hydrogens is 550 g/mol. The van der Waals surface area contributed by atoms with E-state index in [0.717, 1.165) is 16.7 Å². The third-order valence-corrected chi connectivity index (χ3v) is 7.77. The van der Waals surface area contributed by atoms with Crippen LogP contribution in [0.25, 0.3) is 0 Å². The molecule has 1 aliphatic rings. The van der Waals surface area contributed by atoms with Gasteiger partial charge in [0.1, 0.15) is 29.0 Å². The summed E-state index contributed by atoms with van der Waals surface area (Å²) in [6.45, 7) is 2.47. The summed E-state index contributed by atoms with van der Waals surface area (Å²) >= 11 is 0. The van der Waals surface area contributed by atoms with Crippen LogP contribution in [0.2, 0.25) is 0 Å². The SMILES string of the molecule is Cc1c(N2CCN(Cc3c(F)cccc3F)CC2)c(=O)n(C[C@H](N)c2ccccc2)c(=O)n1Cc1c(F)cccc1F. The minimum Gasteiger partial charge on any atom is -0.363 e. The molecule has 0 saturated carbocycles. The van der Waals surface area contributed by atoms with Crippen LogP contribution in [0, 0.1) is 30.2 Å². The van der Waals surface area contributed by atoms with Gasteiger partial charge in [0.2, 0.25) is 0 Å². The highest BCUT2D eigenvalue weighted by Gasteiger charge is 2.27. The number of benzene rings is 3. The summed E-state index contributed by atoms with van der Waals surface area (Å²) in [4.78, 5) is 31.2. The van der Waals surface area contributed by atoms with Gasteiger partial charge in [0.15, 0.2) is 0 Å². The van der Waals surface area contributed by atoms with Gasteiger partial charge in [-0.2, -0.15) is 0 Å². The van der Waals surface area contributed by atoms with Crippen LogP contribution in [0.1, 0.15) is 28.4 Å². The normalized spacial score (nSPS) is 14.8. The van der Waals surface area contributed by atoms with Crippen LogP contribution in [0.5, 0.6) is 0 Å². The molecule has 4 aromatic rings. The Morgan fingerprint density at radius 3 is 1.79 bits per heavy atom. The largest absolute Gasteiger partial charge is 0.363 e. The molecule has 1 fully saturated rings. The van der Waals surface area contributed by atoms with E-state index in [9.17, 15) is 27.2 Å². The molecule has 2 N–H and O–H groups in total. The molecule has 0 unspecified atom stereocenters. The maximum atomic E-state index is 14.6. The van der Waals surface area contributed by atoms with Crippen LogP contribution in [-0.2, 0) is 19.6 Å². The molecule has 1 atom stereocenters. The minimum atomic E-state index is -0.810. The van der Waals surface area contributed by atoms with Crippen LogP contribution in [0.4, 0.5) is 23.2 Å². The summed E-state index contributed by atoms with van der Waals surface area (Å²) in [6, 6.07) is 15.5. The smallest absolute Gasteiger partial charge is 0.331 e. The molecular formula is C31H31F4N5O2. The number of nitrogens with zero attached hydrogens (tertiary/aromatic N) is 4. The summed E-state index contributed by atoms with van der Waals surface area (Å²) in [5.74, 6) is -2.87. The fourth-order valence-corrected chi connectivity index (χ4v) is 5.38. The highest BCUT2D eigenvalue weighted by atomic mass is 19.1. The monoisotopic (exact) mass is 581 g/mol. The van der Waals surface area contributed by atoms with Gasteiger partial charge in [-0.3, -0.25) is 18.8 Å². The molecule has 0 bridgehead atoms. The van der Waals surface area contributed by atoms with Crippen molar-refractivity contribution in [1.29, 1.82) is 0 Å². The Balaban J connectivity index is 1.50. The van der Waals surface area contributed by atoms with Gasteiger partial charge in [0, 0.05) is 55.6 Å². The van der Waals surface area contributed by atoms with E-state index in [1.165, 1.54) is 28.8 Å². The minimum absolute atomic E-state index is 0.0279. The molecule has 220 valence electrons. The highest BCUT2D eigenvalue weighted by Crippen LogP contribution is 2.22. The highest BCUT2D eigenvalue weighted by molar-refractivity contribution is 5.50. The van der Waals surface area contributed by atoms with Crippen LogP contribution < -0.4 is 21.9 Å². The van der Waals surface area contributed by atoms with E-state index in [2.05, 4.69) is 0 Å². The van der Waals surface area contributed by atoms with Crippen LogP contribution in [-0.4, -0.2) is 40.2 Å². The average molecular weight is 582 g/mol. The Bertz CT molecular complexity index is 1660. The van der Waals surface area contributed by atoms with Crippen LogP contribution in [0.3, 0.4) is 0 Å². The molecule has 3 aromatic carbocycles. The van der Waals surface area contributed by atoms with E-state index in [0.29, 0.717) is 31.7 Å². The van der Waals surface area contributed by atoms with E-state index in [-0.39, 0.29) is 35.6 Å². The summed E-state index contributed by atoms with van der Waals surface area (Å²) in [5.41, 5.74) is 5.94. The summed E-state index contributed by atoms with van der Waals surface area (Å²) in [5, 5.41) is 0. The Morgan fingerprint density at radius 1 is 0.714 bits per heavy atom. The zero-order chi connectivity index (χ0) is 30.0. The predicted octanol–water partition coefficient (Wildman–Crippen LogP) is 3.95. The van der Waals surface area contributed by atoms with Gasteiger partial charge in [-0.25, -0.2) is 22.4 Å². The van der Waals surface area contributed by atoms with Crippen molar-refractivity contribution in [3.05, 3.63) is 133 Å². The molecule has 7 nitrogen and oxygen atoms in total. The van der Waals surface area contributed by atoms with Crippen molar-refractivity contribution in [1.82, 2.24) is 14.0 Å². The predicted molar refractivity (Wildman–Crippen MR) is 152 cm³/mol. The first-order valence-electron chi connectivity index (χ1n) is 13.6. The van der Waals surface area contributed by atoms with Gasteiger partial charge in [0.25, 0.3) is 5.56 Å². The van der Waals surface area contributed by atoms with Gasteiger partial charge in [-0.1, -0.05) is 42.5 Å². The van der Waals surface area contributed by atoms with E-state index in [1.807, 2.05) is 11.0 Å². The fraction of sp³-hybridized carbons (Fsp3) is 0.290. The summed E-state index contributed by atoms with van der Waals surface area (Å²) in [7, 11) is 0. The Kier molecular flexibility index (Phi) is 8.60. The van der Waals surface area contributed by atoms with Crippen molar-refractivity contribution >= 4 is 5.69 Å². The van der Waals surface area contributed by atoms with Crippen molar-refractivity contribution in [2.24, 2.45) is 5.73 Å². The standard InChI is InChI=1S/C31H31F4N5O2/c1-20-29(38-15-13-37(14-16-38)17-22-24(32)9-5-10-25(22)33)30(41)40(19-28(36)21-7-3-2-4-8-21)31(42)39(20)18-23-26(34)11-6-12-27(23)35/h2-12,28H,13-19,36H2,1H3/t28-/m0/s1. The number of rotatable bonds is 8. The number of anilines is 1. The molecule has 1 aromatic heterocycles. The lowest BCUT2D eigenvalue weighted by atomic mass is 10.1. The lowest BCUT2D eigenvalue weighted by Gasteiger charge is -2.37. The first kappa shape index (κ1) is 29.3.